The van der Waals surface area contributed by atoms with Crippen molar-refractivity contribution >= 4 is 23.5 Å². The number of halogens is 1. The van der Waals surface area contributed by atoms with Gasteiger partial charge in [0.15, 0.2) is 6.10 Å². The molecule has 5 nitrogen and oxygen atoms in total. The first-order valence-electron chi connectivity index (χ1n) is 9.38. The molecule has 0 bridgehead atoms. The molecule has 1 aliphatic carbocycles. The number of hydrogen-bond acceptors (Lipinski definition) is 4. The first-order valence-corrected chi connectivity index (χ1v) is 9.76. The van der Waals surface area contributed by atoms with Crippen molar-refractivity contribution in [3.63, 3.8) is 0 Å². The summed E-state index contributed by atoms with van der Waals surface area (Å²) in [4.78, 5) is 24.8. The summed E-state index contributed by atoms with van der Waals surface area (Å²) in [5.74, 6) is -0.252. The Hall–Kier alpha value is -2.53. The molecule has 6 heteroatoms. The number of hydrogen-bond donors (Lipinski definition) is 1. The molecule has 148 valence electrons. The van der Waals surface area contributed by atoms with Gasteiger partial charge in [-0.15, -0.1) is 0 Å². The molecule has 0 aromatic heterocycles. The summed E-state index contributed by atoms with van der Waals surface area (Å²) in [6, 6.07) is 13.1. The fourth-order valence-corrected chi connectivity index (χ4v) is 3.72. The topological polar surface area (TPSA) is 64.6 Å². The van der Waals surface area contributed by atoms with Crippen molar-refractivity contribution in [1.82, 2.24) is 5.32 Å². The molecule has 0 saturated carbocycles. The summed E-state index contributed by atoms with van der Waals surface area (Å²) in [5, 5.41) is 3.52. The minimum atomic E-state index is -0.883. The van der Waals surface area contributed by atoms with Crippen LogP contribution in [0.5, 0.6) is 5.75 Å². The van der Waals surface area contributed by atoms with Crippen LogP contribution in [0.15, 0.2) is 42.5 Å². The van der Waals surface area contributed by atoms with E-state index in [0.29, 0.717) is 16.3 Å². The van der Waals surface area contributed by atoms with Gasteiger partial charge in [0.1, 0.15) is 5.75 Å². The van der Waals surface area contributed by atoms with E-state index >= 15 is 0 Å². The third kappa shape index (κ3) is 4.84. The molecular formula is C22H24ClNO4. The predicted octanol–water partition coefficient (Wildman–Crippen LogP) is 4.02. The lowest BCUT2D eigenvalue weighted by Gasteiger charge is -2.27. The molecule has 0 fully saturated rings. The SMILES string of the molecule is COc1ccc(Cl)cc1CC(=O)O[C@@H](C)C(=O)N[C@H]1CCCc2ccccc21. The van der Waals surface area contributed by atoms with Crippen molar-refractivity contribution in [2.75, 3.05) is 7.11 Å². The maximum Gasteiger partial charge on any atom is 0.311 e. The average Bonchev–Trinajstić information content (AvgIpc) is 2.68. The van der Waals surface area contributed by atoms with E-state index in [-0.39, 0.29) is 18.4 Å². The predicted molar refractivity (Wildman–Crippen MR) is 108 cm³/mol. The van der Waals surface area contributed by atoms with Gasteiger partial charge in [-0.25, -0.2) is 0 Å². The summed E-state index contributed by atoms with van der Waals surface area (Å²) < 4.78 is 10.6. The third-order valence-corrected chi connectivity index (χ3v) is 5.18. The molecular weight excluding hydrogens is 378 g/mol. The lowest BCUT2D eigenvalue weighted by molar-refractivity contribution is -0.154. The fourth-order valence-electron chi connectivity index (χ4n) is 3.53. The molecule has 0 aliphatic heterocycles. The van der Waals surface area contributed by atoms with Crippen LogP contribution in [-0.4, -0.2) is 25.1 Å². The normalized spacial score (nSPS) is 16.6. The first-order chi connectivity index (χ1) is 13.5. The van der Waals surface area contributed by atoms with Gasteiger partial charge in [-0.3, -0.25) is 9.59 Å². The number of esters is 1. The molecule has 3 rings (SSSR count). The zero-order valence-electron chi connectivity index (χ0n) is 16.0. The van der Waals surface area contributed by atoms with Gasteiger partial charge >= 0.3 is 5.97 Å². The van der Waals surface area contributed by atoms with E-state index in [1.807, 2.05) is 18.2 Å². The number of ether oxygens (including phenoxy) is 2. The minimum Gasteiger partial charge on any atom is -0.496 e. The molecule has 2 aromatic rings. The zero-order valence-corrected chi connectivity index (χ0v) is 16.8. The van der Waals surface area contributed by atoms with Crippen molar-refractivity contribution < 1.29 is 19.1 Å². The highest BCUT2D eigenvalue weighted by Crippen LogP contribution is 2.29. The van der Waals surface area contributed by atoms with Gasteiger partial charge in [0, 0.05) is 10.6 Å². The van der Waals surface area contributed by atoms with Crippen molar-refractivity contribution in [2.45, 2.75) is 44.8 Å². The summed E-state index contributed by atoms with van der Waals surface area (Å²) in [6.07, 6.45) is 2.02. The molecule has 1 aliphatic rings. The number of rotatable bonds is 6. The maximum absolute atomic E-state index is 12.6. The molecule has 2 atom stereocenters. The smallest absolute Gasteiger partial charge is 0.311 e. The van der Waals surface area contributed by atoms with E-state index in [4.69, 9.17) is 21.1 Å². The van der Waals surface area contributed by atoms with E-state index in [9.17, 15) is 9.59 Å². The van der Waals surface area contributed by atoms with Gasteiger partial charge in [0.25, 0.3) is 5.91 Å². The highest BCUT2D eigenvalue weighted by molar-refractivity contribution is 6.30. The molecule has 0 unspecified atom stereocenters. The lowest BCUT2D eigenvalue weighted by Crippen LogP contribution is -2.39. The largest absolute Gasteiger partial charge is 0.496 e. The minimum absolute atomic E-state index is 0.0202. The quantitative estimate of drug-likeness (QED) is 0.742. The molecule has 0 saturated heterocycles. The Bertz CT molecular complexity index is 867. The molecule has 0 radical (unpaired) electrons. The number of nitrogens with one attached hydrogen (secondary N) is 1. The second kappa shape index (κ2) is 9.11. The van der Waals surface area contributed by atoms with E-state index in [2.05, 4.69) is 11.4 Å². The Labute approximate surface area is 170 Å². The van der Waals surface area contributed by atoms with Crippen molar-refractivity contribution in [1.29, 1.82) is 0 Å². The Morgan fingerprint density at radius 2 is 2.04 bits per heavy atom. The molecule has 2 aromatic carbocycles. The summed E-state index contributed by atoms with van der Waals surface area (Å²) in [5.41, 5.74) is 3.02. The van der Waals surface area contributed by atoms with Gasteiger partial charge in [-0.1, -0.05) is 35.9 Å². The molecule has 0 heterocycles. The molecule has 28 heavy (non-hydrogen) atoms. The Morgan fingerprint density at radius 3 is 2.82 bits per heavy atom. The van der Waals surface area contributed by atoms with Gasteiger partial charge < -0.3 is 14.8 Å². The van der Waals surface area contributed by atoms with E-state index in [1.54, 1.807) is 25.1 Å². The number of benzene rings is 2. The second-order valence-corrected chi connectivity index (χ2v) is 7.35. The van der Waals surface area contributed by atoms with E-state index in [1.165, 1.54) is 12.7 Å². The number of amides is 1. The maximum atomic E-state index is 12.6. The highest BCUT2D eigenvalue weighted by atomic mass is 35.5. The highest BCUT2D eigenvalue weighted by Gasteiger charge is 2.25. The van der Waals surface area contributed by atoms with Crippen molar-refractivity contribution in [2.24, 2.45) is 0 Å². The van der Waals surface area contributed by atoms with Gasteiger partial charge in [-0.2, -0.15) is 0 Å². The van der Waals surface area contributed by atoms with E-state index in [0.717, 1.165) is 24.8 Å². The number of carbonyl (C=O) groups is 2. The fraction of sp³-hybridized carbons (Fsp3) is 0.364. The van der Waals surface area contributed by atoms with Crippen LogP contribution in [0.3, 0.4) is 0 Å². The third-order valence-electron chi connectivity index (χ3n) is 4.94. The lowest BCUT2D eigenvalue weighted by atomic mass is 9.87. The van der Waals surface area contributed by atoms with E-state index < -0.39 is 12.1 Å². The standard InChI is InChI=1S/C22H24ClNO4/c1-14(28-21(25)13-16-12-17(23)10-11-20(16)27-2)22(26)24-19-9-5-7-15-6-3-4-8-18(15)19/h3-4,6,8,10-12,14,19H,5,7,9,13H2,1-2H3,(H,24,26)/t14-,19-/m0/s1. The van der Waals surface area contributed by atoms with Crippen LogP contribution < -0.4 is 10.1 Å². The first kappa shape index (κ1) is 20.2. The average molecular weight is 402 g/mol. The van der Waals surface area contributed by atoms with Crippen LogP contribution in [0.2, 0.25) is 5.02 Å². The van der Waals surface area contributed by atoms with Crippen LogP contribution in [0.4, 0.5) is 0 Å². The van der Waals surface area contributed by atoms with Crippen LogP contribution in [0.1, 0.15) is 42.5 Å². The van der Waals surface area contributed by atoms with Gasteiger partial charge in [0.05, 0.1) is 19.6 Å². The number of aryl methyl sites for hydroxylation is 1. The second-order valence-electron chi connectivity index (χ2n) is 6.92. The molecule has 1 N–H and O–H groups in total. The summed E-state index contributed by atoms with van der Waals surface area (Å²) >= 11 is 5.99. The van der Waals surface area contributed by atoms with Crippen LogP contribution >= 0.6 is 11.6 Å². The van der Waals surface area contributed by atoms with Crippen LogP contribution in [0, 0.1) is 0 Å². The Kier molecular flexibility index (Phi) is 6.57. The summed E-state index contributed by atoms with van der Waals surface area (Å²) in [7, 11) is 1.52. The van der Waals surface area contributed by atoms with Gasteiger partial charge in [-0.05, 0) is 55.5 Å². The Morgan fingerprint density at radius 1 is 1.25 bits per heavy atom. The number of fused-ring (bicyclic) bond motifs is 1. The zero-order chi connectivity index (χ0) is 20.1. The molecule has 1 amide bonds. The van der Waals surface area contributed by atoms with Crippen molar-refractivity contribution in [3.8, 4) is 5.75 Å². The van der Waals surface area contributed by atoms with Crippen LogP contribution in [-0.2, 0) is 27.2 Å². The number of carbonyl (C=O) groups excluding carboxylic acids is 2. The Balaban J connectivity index is 1.59. The monoisotopic (exact) mass is 401 g/mol. The number of methoxy groups -OCH3 is 1. The molecule has 0 spiro atoms. The van der Waals surface area contributed by atoms with Crippen molar-refractivity contribution in [3.05, 3.63) is 64.2 Å². The van der Waals surface area contributed by atoms with Crippen LogP contribution in [0.25, 0.3) is 0 Å². The summed E-state index contributed by atoms with van der Waals surface area (Å²) in [6.45, 7) is 1.58. The van der Waals surface area contributed by atoms with Gasteiger partial charge in [0.2, 0.25) is 0 Å².